The SMILES string of the molecule is CCN(Cc1ccccc1)C(=O)[C@@H]1CCCN1c1cc(-c2ccco2)cc(-c2ccccc2O)n1. The van der Waals surface area contributed by atoms with Crippen molar-refractivity contribution in [2.24, 2.45) is 0 Å². The van der Waals surface area contributed by atoms with Crippen molar-refractivity contribution in [2.75, 3.05) is 18.0 Å². The molecule has 1 aliphatic rings. The number of phenolic OH excluding ortho intramolecular Hbond substituents is 1. The third-order valence-corrected chi connectivity index (χ3v) is 6.54. The fourth-order valence-corrected chi connectivity index (χ4v) is 4.73. The predicted molar refractivity (Wildman–Crippen MR) is 137 cm³/mol. The predicted octanol–water partition coefficient (Wildman–Crippen LogP) is 5.73. The van der Waals surface area contributed by atoms with Crippen molar-refractivity contribution >= 4 is 11.7 Å². The molecule has 1 atom stereocenters. The van der Waals surface area contributed by atoms with Crippen molar-refractivity contribution < 1.29 is 14.3 Å². The number of furan rings is 1. The van der Waals surface area contributed by atoms with E-state index < -0.39 is 0 Å². The number of aromatic hydroxyl groups is 1. The highest BCUT2D eigenvalue weighted by Gasteiger charge is 2.34. The zero-order chi connectivity index (χ0) is 24.2. The number of pyridine rings is 1. The molecule has 1 aliphatic heterocycles. The molecular weight excluding hydrogens is 438 g/mol. The first kappa shape index (κ1) is 22.7. The molecule has 178 valence electrons. The van der Waals surface area contributed by atoms with Gasteiger partial charge in [-0.05, 0) is 61.7 Å². The number of aromatic nitrogens is 1. The molecule has 1 N–H and O–H groups in total. The van der Waals surface area contributed by atoms with Crippen molar-refractivity contribution in [1.82, 2.24) is 9.88 Å². The number of carbonyl (C=O) groups is 1. The number of hydrogen-bond acceptors (Lipinski definition) is 5. The van der Waals surface area contributed by atoms with Gasteiger partial charge in [0.2, 0.25) is 5.91 Å². The third kappa shape index (κ3) is 4.78. The lowest BCUT2D eigenvalue weighted by Crippen LogP contribution is -2.45. The van der Waals surface area contributed by atoms with Gasteiger partial charge >= 0.3 is 0 Å². The summed E-state index contributed by atoms with van der Waals surface area (Å²) in [5.74, 6) is 1.70. The number of amides is 1. The number of nitrogens with zero attached hydrogens (tertiary/aromatic N) is 3. The summed E-state index contributed by atoms with van der Waals surface area (Å²) in [4.78, 5) is 22.6. The van der Waals surface area contributed by atoms with Crippen LogP contribution in [0.15, 0.2) is 89.5 Å². The van der Waals surface area contributed by atoms with Gasteiger partial charge in [0.05, 0.1) is 12.0 Å². The standard InChI is InChI=1S/C29H29N3O3/c1-2-31(20-21-10-4-3-5-11-21)29(34)25-13-8-16-32(25)28-19-22(27-15-9-17-35-27)18-24(30-28)23-12-6-7-14-26(23)33/h3-7,9-12,14-15,17-19,25,33H,2,8,13,16,20H2,1H3/t25-/m0/s1. The maximum atomic E-state index is 13.7. The molecule has 4 aromatic rings. The normalized spacial score (nSPS) is 15.3. The van der Waals surface area contributed by atoms with Gasteiger partial charge in [0, 0.05) is 30.8 Å². The van der Waals surface area contributed by atoms with Crippen LogP contribution in [0.3, 0.4) is 0 Å². The molecule has 35 heavy (non-hydrogen) atoms. The van der Waals surface area contributed by atoms with Gasteiger partial charge in [-0.2, -0.15) is 0 Å². The molecule has 1 fully saturated rings. The average molecular weight is 468 g/mol. The highest BCUT2D eigenvalue weighted by Crippen LogP contribution is 2.35. The monoisotopic (exact) mass is 467 g/mol. The Morgan fingerprint density at radius 3 is 2.63 bits per heavy atom. The Kier molecular flexibility index (Phi) is 6.53. The zero-order valence-corrected chi connectivity index (χ0v) is 19.8. The van der Waals surface area contributed by atoms with E-state index in [1.165, 1.54) is 0 Å². The molecule has 2 aromatic carbocycles. The Labute approximate surface area is 205 Å². The van der Waals surface area contributed by atoms with Gasteiger partial charge < -0.3 is 19.3 Å². The summed E-state index contributed by atoms with van der Waals surface area (Å²) < 4.78 is 5.67. The second-order valence-electron chi connectivity index (χ2n) is 8.78. The second-order valence-corrected chi connectivity index (χ2v) is 8.78. The summed E-state index contributed by atoms with van der Waals surface area (Å²) in [6.45, 7) is 3.99. The number of likely N-dealkylation sites (N-methyl/N-ethyl adjacent to an activating group) is 1. The quantitative estimate of drug-likeness (QED) is 0.376. The first-order valence-corrected chi connectivity index (χ1v) is 12.1. The van der Waals surface area contributed by atoms with Crippen molar-refractivity contribution in [3.8, 4) is 28.3 Å². The molecule has 5 rings (SSSR count). The smallest absolute Gasteiger partial charge is 0.245 e. The molecule has 0 radical (unpaired) electrons. The molecule has 0 unspecified atom stereocenters. The number of benzene rings is 2. The van der Waals surface area contributed by atoms with Crippen molar-refractivity contribution in [1.29, 1.82) is 0 Å². The second kappa shape index (κ2) is 10.1. The Hall–Kier alpha value is -4.06. The van der Waals surface area contributed by atoms with E-state index in [1.54, 1.807) is 18.4 Å². The van der Waals surface area contributed by atoms with Gasteiger partial charge in [-0.15, -0.1) is 0 Å². The Morgan fingerprint density at radius 2 is 1.89 bits per heavy atom. The molecule has 2 aromatic heterocycles. The van der Waals surface area contributed by atoms with Gasteiger partial charge in [-0.3, -0.25) is 4.79 Å². The molecule has 1 amide bonds. The number of carbonyl (C=O) groups excluding carboxylic acids is 1. The van der Waals surface area contributed by atoms with Crippen LogP contribution in [0.1, 0.15) is 25.3 Å². The highest BCUT2D eigenvalue weighted by molar-refractivity contribution is 5.86. The molecular formula is C29H29N3O3. The van der Waals surface area contributed by atoms with Crippen LogP contribution >= 0.6 is 0 Å². The van der Waals surface area contributed by atoms with E-state index in [-0.39, 0.29) is 17.7 Å². The summed E-state index contributed by atoms with van der Waals surface area (Å²) in [6.07, 6.45) is 3.33. The molecule has 6 nitrogen and oxygen atoms in total. The van der Waals surface area contributed by atoms with Crippen LogP contribution in [-0.4, -0.2) is 40.0 Å². The van der Waals surface area contributed by atoms with E-state index in [0.29, 0.717) is 35.9 Å². The minimum atomic E-state index is -0.282. The van der Waals surface area contributed by atoms with Crippen LogP contribution in [0.25, 0.3) is 22.6 Å². The minimum absolute atomic E-state index is 0.114. The number of phenols is 1. The summed E-state index contributed by atoms with van der Waals surface area (Å²) in [5, 5.41) is 10.5. The molecule has 0 saturated carbocycles. The largest absolute Gasteiger partial charge is 0.507 e. The molecule has 0 spiro atoms. The number of hydrogen-bond donors (Lipinski definition) is 1. The molecule has 6 heteroatoms. The average Bonchev–Trinajstić information content (AvgIpc) is 3.60. The van der Waals surface area contributed by atoms with Crippen molar-refractivity contribution in [3.63, 3.8) is 0 Å². The van der Waals surface area contributed by atoms with E-state index in [2.05, 4.69) is 17.0 Å². The number of para-hydroxylation sites is 1. The fraction of sp³-hybridized carbons (Fsp3) is 0.241. The Balaban J connectivity index is 1.50. The maximum absolute atomic E-state index is 13.7. The van der Waals surface area contributed by atoms with Gasteiger partial charge in [0.1, 0.15) is 23.4 Å². The number of rotatable bonds is 7. The molecule has 0 aliphatic carbocycles. The zero-order valence-electron chi connectivity index (χ0n) is 19.8. The van der Waals surface area contributed by atoms with E-state index in [1.807, 2.05) is 66.4 Å². The van der Waals surface area contributed by atoms with Crippen LogP contribution < -0.4 is 4.90 Å². The first-order valence-electron chi connectivity index (χ1n) is 12.1. The van der Waals surface area contributed by atoms with E-state index in [4.69, 9.17) is 9.40 Å². The first-order chi connectivity index (χ1) is 17.1. The maximum Gasteiger partial charge on any atom is 0.245 e. The van der Waals surface area contributed by atoms with Gasteiger partial charge in [-0.25, -0.2) is 4.98 Å². The molecule has 3 heterocycles. The van der Waals surface area contributed by atoms with Crippen LogP contribution in [0.2, 0.25) is 0 Å². The van der Waals surface area contributed by atoms with Gasteiger partial charge in [0.15, 0.2) is 0 Å². The molecule has 1 saturated heterocycles. The van der Waals surface area contributed by atoms with E-state index in [0.717, 1.165) is 30.5 Å². The van der Waals surface area contributed by atoms with Crippen LogP contribution in [0.5, 0.6) is 5.75 Å². The van der Waals surface area contributed by atoms with Crippen LogP contribution in [0.4, 0.5) is 5.82 Å². The van der Waals surface area contributed by atoms with Gasteiger partial charge in [-0.1, -0.05) is 42.5 Å². The number of anilines is 1. The lowest BCUT2D eigenvalue weighted by Gasteiger charge is -2.31. The topological polar surface area (TPSA) is 69.8 Å². The van der Waals surface area contributed by atoms with E-state index >= 15 is 0 Å². The van der Waals surface area contributed by atoms with Crippen molar-refractivity contribution in [3.05, 3.63) is 90.7 Å². The Morgan fingerprint density at radius 1 is 1.09 bits per heavy atom. The lowest BCUT2D eigenvalue weighted by atomic mass is 10.1. The van der Waals surface area contributed by atoms with Crippen LogP contribution in [0, 0.1) is 0 Å². The van der Waals surface area contributed by atoms with Gasteiger partial charge in [0.25, 0.3) is 0 Å². The highest BCUT2D eigenvalue weighted by atomic mass is 16.3. The summed E-state index contributed by atoms with van der Waals surface area (Å²) in [6, 6.07) is 24.6. The third-order valence-electron chi connectivity index (χ3n) is 6.54. The molecule has 0 bridgehead atoms. The summed E-state index contributed by atoms with van der Waals surface area (Å²) in [5.41, 5.74) is 3.25. The summed E-state index contributed by atoms with van der Waals surface area (Å²) >= 11 is 0. The van der Waals surface area contributed by atoms with Crippen LogP contribution in [-0.2, 0) is 11.3 Å². The Bertz CT molecular complexity index is 1290. The summed E-state index contributed by atoms with van der Waals surface area (Å²) in [7, 11) is 0. The lowest BCUT2D eigenvalue weighted by molar-refractivity contribution is -0.132. The van der Waals surface area contributed by atoms with E-state index in [9.17, 15) is 9.90 Å². The fourth-order valence-electron chi connectivity index (χ4n) is 4.73. The van der Waals surface area contributed by atoms with Crippen molar-refractivity contribution in [2.45, 2.75) is 32.4 Å². The minimum Gasteiger partial charge on any atom is -0.507 e.